The Labute approximate surface area is 117 Å². The molecule has 2 rings (SSSR count). The van der Waals surface area contributed by atoms with E-state index in [2.05, 4.69) is 15.4 Å². The van der Waals surface area contributed by atoms with Crippen LogP contribution in [-0.2, 0) is 13.6 Å². The van der Waals surface area contributed by atoms with Crippen LogP contribution in [0.2, 0.25) is 0 Å². The lowest BCUT2D eigenvalue weighted by atomic mass is 10.2. The average Bonchev–Trinajstić information content (AvgIpc) is 2.68. The third-order valence-corrected chi connectivity index (χ3v) is 2.88. The summed E-state index contributed by atoms with van der Waals surface area (Å²) in [5.41, 5.74) is 8.52. The molecule has 0 saturated carbocycles. The van der Waals surface area contributed by atoms with Crippen molar-refractivity contribution in [1.82, 2.24) is 20.1 Å². The second kappa shape index (κ2) is 6.19. The van der Waals surface area contributed by atoms with Gasteiger partial charge >= 0.3 is 0 Å². The molecule has 0 atom stereocenters. The highest BCUT2D eigenvalue weighted by molar-refractivity contribution is 5.98. The van der Waals surface area contributed by atoms with Gasteiger partial charge in [-0.2, -0.15) is 5.10 Å². The van der Waals surface area contributed by atoms with Crippen LogP contribution >= 0.6 is 12.4 Å². The van der Waals surface area contributed by atoms with Gasteiger partial charge in [-0.3, -0.25) is 14.5 Å². The molecule has 19 heavy (non-hydrogen) atoms. The van der Waals surface area contributed by atoms with Crippen molar-refractivity contribution in [2.75, 3.05) is 5.73 Å². The molecule has 0 radical (unpaired) electrons. The van der Waals surface area contributed by atoms with Crippen LogP contribution < -0.4 is 11.1 Å². The van der Waals surface area contributed by atoms with Gasteiger partial charge in [0.2, 0.25) is 0 Å². The molecule has 0 fully saturated rings. The van der Waals surface area contributed by atoms with Gasteiger partial charge in [0.25, 0.3) is 5.91 Å². The number of nitrogen functional groups attached to an aromatic ring is 1. The van der Waals surface area contributed by atoms with Crippen molar-refractivity contribution in [3.05, 3.63) is 41.5 Å². The molecule has 0 aromatic carbocycles. The minimum Gasteiger partial charge on any atom is -0.398 e. The minimum atomic E-state index is -0.233. The lowest BCUT2D eigenvalue weighted by Gasteiger charge is -2.06. The predicted molar refractivity (Wildman–Crippen MR) is 75.0 cm³/mol. The van der Waals surface area contributed by atoms with Crippen LogP contribution in [0.15, 0.2) is 24.7 Å². The van der Waals surface area contributed by atoms with Gasteiger partial charge in [0.15, 0.2) is 0 Å². The number of nitrogens with two attached hydrogens (primary N) is 1. The highest BCUT2D eigenvalue weighted by Crippen LogP contribution is 2.09. The second-order valence-electron chi connectivity index (χ2n) is 4.02. The summed E-state index contributed by atoms with van der Waals surface area (Å²) >= 11 is 0. The Morgan fingerprint density at radius 3 is 2.79 bits per heavy atom. The Morgan fingerprint density at radius 2 is 2.21 bits per heavy atom. The zero-order valence-corrected chi connectivity index (χ0v) is 11.6. The summed E-state index contributed by atoms with van der Waals surface area (Å²) in [6.07, 6.45) is 4.75. The average molecular weight is 282 g/mol. The molecule has 7 heteroatoms. The summed E-state index contributed by atoms with van der Waals surface area (Å²) in [7, 11) is 1.86. The van der Waals surface area contributed by atoms with E-state index in [0.29, 0.717) is 17.8 Å². The first-order valence-electron chi connectivity index (χ1n) is 5.54. The molecule has 2 aromatic rings. The summed E-state index contributed by atoms with van der Waals surface area (Å²) < 4.78 is 1.76. The molecule has 1 amide bonds. The SMILES string of the molecule is Cc1c(CNC(=O)c2cnccc2N)cnn1C.Cl. The van der Waals surface area contributed by atoms with Gasteiger partial charge in [-0.25, -0.2) is 0 Å². The van der Waals surface area contributed by atoms with Gasteiger partial charge in [-0.15, -0.1) is 12.4 Å². The van der Waals surface area contributed by atoms with Crippen LogP contribution in [-0.4, -0.2) is 20.7 Å². The number of carbonyl (C=O) groups excluding carboxylic acids is 1. The quantitative estimate of drug-likeness (QED) is 0.881. The van der Waals surface area contributed by atoms with Gasteiger partial charge < -0.3 is 11.1 Å². The molecule has 0 bridgehead atoms. The first-order chi connectivity index (χ1) is 8.59. The second-order valence-corrected chi connectivity index (χ2v) is 4.02. The fourth-order valence-corrected chi connectivity index (χ4v) is 1.58. The molecule has 0 aliphatic heterocycles. The van der Waals surface area contributed by atoms with E-state index in [1.807, 2.05) is 14.0 Å². The van der Waals surface area contributed by atoms with E-state index in [9.17, 15) is 4.79 Å². The van der Waals surface area contributed by atoms with E-state index in [1.54, 1.807) is 23.1 Å². The van der Waals surface area contributed by atoms with E-state index in [1.165, 1.54) is 6.20 Å². The maximum Gasteiger partial charge on any atom is 0.255 e. The van der Waals surface area contributed by atoms with Crippen molar-refractivity contribution >= 4 is 24.0 Å². The zero-order chi connectivity index (χ0) is 13.1. The minimum absolute atomic E-state index is 0. The Bertz CT molecular complexity index is 581. The number of anilines is 1. The topological polar surface area (TPSA) is 85.8 Å². The molecule has 0 aliphatic carbocycles. The fraction of sp³-hybridized carbons (Fsp3) is 0.250. The first kappa shape index (κ1) is 15.0. The molecule has 0 spiro atoms. The fourth-order valence-electron chi connectivity index (χ4n) is 1.58. The summed E-state index contributed by atoms with van der Waals surface area (Å²) in [5, 5.41) is 6.91. The number of aromatic nitrogens is 3. The van der Waals surface area contributed by atoms with Crippen molar-refractivity contribution in [3.8, 4) is 0 Å². The van der Waals surface area contributed by atoms with Crippen LogP contribution in [0.25, 0.3) is 0 Å². The van der Waals surface area contributed by atoms with Gasteiger partial charge in [-0.1, -0.05) is 0 Å². The molecular formula is C12H16ClN5O. The Hall–Kier alpha value is -2.08. The largest absolute Gasteiger partial charge is 0.398 e. The molecule has 2 heterocycles. The van der Waals surface area contributed by atoms with Crippen LogP contribution in [0.1, 0.15) is 21.6 Å². The first-order valence-corrected chi connectivity index (χ1v) is 5.54. The Kier molecular flexibility index (Phi) is 4.88. The third-order valence-electron chi connectivity index (χ3n) is 2.88. The molecule has 0 aliphatic rings. The number of halogens is 1. The van der Waals surface area contributed by atoms with Gasteiger partial charge in [0.1, 0.15) is 0 Å². The Morgan fingerprint density at radius 1 is 1.47 bits per heavy atom. The maximum absolute atomic E-state index is 11.9. The standard InChI is InChI=1S/C12H15N5O.ClH/c1-8-9(6-16-17(8)2)5-15-12(18)10-7-14-4-3-11(10)13;/h3-4,6-7H,5H2,1-2H3,(H2,13,14)(H,15,18);1H. The molecule has 6 nitrogen and oxygen atoms in total. The number of hydrogen-bond donors (Lipinski definition) is 2. The van der Waals surface area contributed by atoms with E-state index in [0.717, 1.165) is 11.3 Å². The third kappa shape index (κ3) is 3.23. The van der Waals surface area contributed by atoms with Crippen LogP contribution in [0, 0.1) is 6.92 Å². The van der Waals surface area contributed by atoms with E-state index < -0.39 is 0 Å². The smallest absolute Gasteiger partial charge is 0.255 e. The summed E-state index contributed by atoms with van der Waals surface area (Å²) in [6.45, 7) is 2.37. The number of pyridine rings is 1. The number of nitrogens with one attached hydrogen (secondary N) is 1. The van der Waals surface area contributed by atoms with Gasteiger partial charge in [0, 0.05) is 42.9 Å². The predicted octanol–water partition coefficient (Wildman–Crippen LogP) is 1.06. The maximum atomic E-state index is 11.9. The van der Waals surface area contributed by atoms with Gasteiger partial charge in [-0.05, 0) is 13.0 Å². The lowest BCUT2D eigenvalue weighted by molar-refractivity contribution is 0.0951. The van der Waals surface area contributed by atoms with E-state index in [-0.39, 0.29) is 18.3 Å². The van der Waals surface area contributed by atoms with Crippen LogP contribution in [0.3, 0.4) is 0 Å². The zero-order valence-electron chi connectivity index (χ0n) is 10.8. The number of carbonyl (C=O) groups is 1. The lowest BCUT2D eigenvalue weighted by Crippen LogP contribution is -2.24. The number of amides is 1. The van der Waals surface area contributed by atoms with E-state index in [4.69, 9.17) is 5.73 Å². The number of rotatable bonds is 3. The molecule has 3 N–H and O–H groups in total. The highest BCUT2D eigenvalue weighted by Gasteiger charge is 2.10. The number of hydrogen-bond acceptors (Lipinski definition) is 4. The normalized spacial score (nSPS) is 9.79. The van der Waals surface area contributed by atoms with Gasteiger partial charge in [0.05, 0.1) is 11.8 Å². The van der Waals surface area contributed by atoms with Crippen molar-refractivity contribution in [2.45, 2.75) is 13.5 Å². The van der Waals surface area contributed by atoms with Crippen LogP contribution in [0.4, 0.5) is 5.69 Å². The number of nitrogens with zero attached hydrogens (tertiary/aromatic N) is 3. The van der Waals surface area contributed by atoms with Crippen molar-refractivity contribution in [2.24, 2.45) is 7.05 Å². The monoisotopic (exact) mass is 281 g/mol. The Balaban J connectivity index is 0.00000180. The van der Waals surface area contributed by atoms with Crippen molar-refractivity contribution < 1.29 is 4.79 Å². The van der Waals surface area contributed by atoms with Crippen LogP contribution in [0.5, 0.6) is 0 Å². The summed E-state index contributed by atoms with van der Waals surface area (Å²) in [5.74, 6) is -0.233. The molecule has 0 unspecified atom stereocenters. The van der Waals surface area contributed by atoms with Crippen molar-refractivity contribution in [3.63, 3.8) is 0 Å². The molecule has 2 aromatic heterocycles. The summed E-state index contributed by atoms with van der Waals surface area (Å²) in [6, 6.07) is 1.60. The van der Waals surface area contributed by atoms with Crippen molar-refractivity contribution in [1.29, 1.82) is 0 Å². The summed E-state index contributed by atoms with van der Waals surface area (Å²) in [4.78, 5) is 15.8. The molecular weight excluding hydrogens is 266 g/mol. The van der Waals surface area contributed by atoms with E-state index >= 15 is 0 Å². The molecule has 102 valence electrons. The molecule has 0 saturated heterocycles. The highest BCUT2D eigenvalue weighted by atomic mass is 35.5. The number of aryl methyl sites for hydroxylation is 1.